The fraction of sp³-hybridized carbons (Fsp3) is 0.263. The highest BCUT2D eigenvalue weighted by atomic mass is 19.1. The predicted molar refractivity (Wildman–Crippen MR) is 91.1 cm³/mol. The Morgan fingerprint density at radius 3 is 2.54 bits per heavy atom. The molecule has 2 rings (SSSR count). The second-order valence-corrected chi connectivity index (χ2v) is 5.78. The van der Waals surface area contributed by atoms with Gasteiger partial charge in [-0.2, -0.15) is 0 Å². The fourth-order valence-corrected chi connectivity index (χ4v) is 2.35. The summed E-state index contributed by atoms with van der Waals surface area (Å²) in [5, 5.41) is 2.80. The number of anilines is 1. The fourth-order valence-electron chi connectivity index (χ4n) is 2.35. The monoisotopic (exact) mass is 329 g/mol. The molecular formula is C19H20FNO3. The lowest BCUT2D eigenvalue weighted by Crippen LogP contribution is -2.21. The van der Waals surface area contributed by atoms with Crippen molar-refractivity contribution < 1.29 is 18.7 Å². The summed E-state index contributed by atoms with van der Waals surface area (Å²) in [6.45, 7) is 5.14. The van der Waals surface area contributed by atoms with E-state index in [1.54, 1.807) is 0 Å². The molecule has 0 aliphatic rings. The van der Waals surface area contributed by atoms with Crippen LogP contribution in [-0.4, -0.2) is 18.3 Å². The number of para-hydroxylation sites is 1. The third-order valence-electron chi connectivity index (χ3n) is 3.54. The van der Waals surface area contributed by atoms with Gasteiger partial charge < -0.3 is 10.1 Å². The highest BCUT2D eigenvalue weighted by Crippen LogP contribution is 2.24. The summed E-state index contributed by atoms with van der Waals surface area (Å²) in [5.74, 6) is -0.736. The number of carbonyl (C=O) groups excluding carboxylic acids is 2. The standard InChI is InChI=1S/C19H20FNO3/c1-12(2)15-6-4-5-7-17(15)21-19(23)11-24-18-9-8-14(20)10-16(18)13(3)22/h4-10,12H,11H2,1-3H3,(H,21,23). The van der Waals surface area contributed by atoms with Gasteiger partial charge >= 0.3 is 0 Å². The first-order valence-corrected chi connectivity index (χ1v) is 7.70. The van der Waals surface area contributed by atoms with E-state index in [0.29, 0.717) is 0 Å². The average Bonchev–Trinajstić information content (AvgIpc) is 2.53. The van der Waals surface area contributed by atoms with Crippen LogP contribution in [0.5, 0.6) is 5.75 Å². The number of benzene rings is 2. The second kappa shape index (κ2) is 7.73. The third-order valence-corrected chi connectivity index (χ3v) is 3.54. The Labute approximate surface area is 140 Å². The zero-order chi connectivity index (χ0) is 17.7. The molecule has 0 bridgehead atoms. The van der Waals surface area contributed by atoms with E-state index in [9.17, 15) is 14.0 Å². The van der Waals surface area contributed by atoms with Gasteiger partial charge in [0.2, 0.25) is 0 Å². The summed E-state index contributed by atoms with van der Waals surface area (Å²) in [6.07, 6.45) is 0. The maximum Gasteiger partial charge on any atom is 0.262 e. The second-order valence-electron chi connectivity index (χ2n) is 5.78. The van der Waals surface area contributed by atoms with E-state index in [2.05, 4.69) is 5.32 Å². The summed E-state index contributed by atoms with van der Waals surface area (Å²) >= 11 is 0. The van der Waals surface area contributed by atoms with Gasteiger partial charge in [0.1, 0.15) is 11.6 Å². The molecule has 0 unspecified atom stereocenters. The van der Waals surface area contributed by atoms with Crippen LogP contribution in [0.15, 0.2) is 42.5 Å². The van der Waals surface area contributed by atoms with Crippen molar-refractivity contribution in [3.05, 3.63) is 59.4 Å². The molecule has 5 heteroatoms. The van der Waals surface area contributed by atoms with Crippen molar-refractivity contribution in [2.45, 2.75) is 26.7 Å². The van der Waals surface area contributed by atoms with Crippen LogP contribution in [0.2, 0.25) is 0 Å². The van der Waals surface area contributed by atoms with Crippen molar-refractivity contribution >= 4 is 17.4 Å². The van der Waals surface area contributed by atoms with E-state index in [4.69, 9.17) is 4.74 Å². The lowest BCUT2D eigenvalue weighted by molar-refractivity contribution is -0.118. The van der Waals surface area contributed by atoms with Crippen molar-refractivity contribution in [3.63, 3.8) is 0 Å². The number of hydrogen-bond acceptors (Lipinski definition) is 3. The van der Waals surface area contributed by atoms with Gasteiger partial charge in [-0.15, -0.1) is 0 Å². The largest absolute Gasteiger partial charge is 0.483 e. The van der Waals surface area contributed by atoms with E-state index in [0.717, 1.165) is 17.3 Å². The number of Topliss-reactive ketones (excluding diaryl/α,β-unsaturated/α-hetero) is 1. The van der Waals surface area contributed by atoms with Crippen LogP contribution in [0, 0.1) is 5.82 Å². The Kier molecular flexibility index (Phi) is 5.68. The van der Waals surface area contributed by atoms with Gasteiger partial charge in [0.05, 0.1) is 5.56 Å². The molecule has 0 spiro atoms. The minimum atomic E-state index is -0.525. The molecule has 1 N–H and O–H groups in total. The molecule has 2 aromatic carbocycles. The minimum absolute atomic E-state index is 0.116. The highest BCUT2D eigenvalue weighted by molar-refractivity contribution is 5.97. The quantitative estimate of drug-likeness (QED) is 0.809. The zero-order valence-electron chi connectivity index (χ0n) is 13.9. The molecule has 0 aromatic heterocycles. The minimum Gasteiger partial charge on any atom is -0.483 e. The van der Waals surface area contributed by atoms with Crippen LogP contribution in [0.3, 0.4) is 0 Å². The Morgan fingerprint density at radius 1 is 1.17 bits per heavy atom. The molecule has 0 aliphatic carbocycles. The number of amides is 1. The van der Waals surface area contributed by atoms with Gasteiger partial charge in [0.25, 0.3) is 5.91 Å². The molecule has 0 atom stereocenters. The SMILES string of the molecule is CC(=O)c1cc(F)ccc1OCC(=O)Nc1ccccc1C(C)C. The van der Waals surface area contributed by atoms with Crippen LogP contribution in [0.4, 0.5) is 10.1 Å². The maximum absolute atomic E-state index is 13.2. The molecule has 0 fully saturated rings. The van der Waals surface area contributed by atoms with Gasteiger partial charge in [-0.3, -0.25) is 9.59 Å². The first-order valence-electron chi connectivity index (χ1n) is 7.70. The van der Waals surface area contributed by atoms with Crippen LogP contribution in [-0.2, 0) is 4.79 Å². The smallest absolute Gasteiger partial charge is 0.262 e. The molecule has 126 valence electrons. The molecule has 0 radical (unpaired) electrons. The molecule has 2 aromatic rings. The number of rotatable bonds is 6. The number of hydrogen-bond donors (Lipinski definition) is 1. The van der Waals surface area contributed by atoms with Gasteiger partial charge in [-0.25, -0.2) is 4.39 Å². The molecule has 24 heavy (non-hydrogen) atoms. The van der Waals surface area contributed by atoms with Gasteiger partial charge in [0.15, 0.2) is 12.4 Å². The zero-order valence-corrected chi connectivity index (χ0v) is 13.9. The number of carbonyl (C=O) groups is 2. The lowest BCUT2D eigenvalue weighted by atomic mass is 10.0. The Hall–Kier alpha value is -2.69. The normalized spacial score (nSPS) is 10.5. The van der Waals surface area contributed by atoms with E-state index in [-0.39, 0.29) is 35.5 Å². The average molecular weight is 329 g/mol. The van der Waals surface area contributed by atoms with Crippen LogP contribution < -0.4 is 10.1 Å². The van der Waals surface area contributed by atoms with Crippen molar-refractivity contribution in [2.75, 3.05) is 11.9 Å². The van der Waals surface area contributed by atoms with Crippen molar-refractivity contribution in [3.8, 4) is 5.75 Å². The molecule has 0 aliphatic heterocycles. The maximum atomic E-state index is 13.2. The number of nitrogens with one attached hydrogen (secondary N) is 1. The summed E-state index contributed by atoms with van der Waals surface area (Å²) < 4.78 is 18.6. The number of ether oxygens (including phenoxy) is 1. The molecule has 1 amide bonds. The molecule has 4 nitrogen and oxygen atoms in total. The molecule has 0 saturated heterocycles. The molecule has 0 heterocycles. The van der Waals surface area contributed by atoms with Gasteiger partial charge in [-0.05, 0) is 42.7 Å². The first-order chi connectivity index (χ1) is 11.4. The summed E-state index contributed by atoms with van der Waals surface area (Å²) in [5.41, 5.74) is 1.87. The van der Waals surface area contributed by atoms with Crippen molar-refractivity contribution in [1.29, 1.82) is 0 Å². The van der Waals surface area contributed by atoms with E-state index < -0.39 is 5.82 Å². The summed E-state index contributed by atoms with van der Waals surface area (Å²) in [4.78, 5) is 23.6. The summed E-state index contributed by atoms with van der Waals surface area (Å²) in [6, 6.07) is 11.2. The highest BCUT2D eigenvalue weighted by Gasteiger charge is 2.13. The first kappa shape index (κ1) is 17.7. The van der Waals surface area contributed by atoms with Crippen LogP contribution >= 0.6 is 0 Å². The predicted octanol–water partition coefficient (Wildman–Crippen LogP) is 4.17. The number of halogens is 1. The Morgan fingerprint density at radius 2 is 1.88 bits per heavy atom. The van der Waals surface area contributed by atoms with Gasteiger partial charge in [0, 0.05) is 5.69 Å². The third kappa shape index (κ3) is 4.41. The van der Waals surface area contributed by atoms with Crippen LogP contribution in [0.25, 0.3) is 0 Å². The van der Waals surface area contributed by atoms with Gasteiger partial charge in [-0.1, -0.05) is 32.0 Å². The van der Waals surface area contributed by atoms with Crippen LogP contribution in [0.1, 0.15) is 42.6 Å². The van der Waals surface area contributed by atoms with E-state index >= 15 is 0 Å². The summed E-state index contributed by atoms with van der Waals surface area (Å²) in [7, 11) is 0. The molecular weight excluding hydrogens is 309 g/mol. The van der Waals surface area contributed by atoms with Crippen molar-refractivity contribution in [1.82, 2.24) is 0 Å². The Balaban J connectivity index is 2.06. The van der Waals surface area contributed by atoms with E-state index in [1.807, 2.05) is 38.1 Å². The van der Waals surface area contributed by atoms with Crippen molar-refractivity contribution in [2.24, 2.45) is 0 Å². The topological polar surface area (TPSA) is 55.4 Å². The van der Waals surface area contributed by atoms with E-state index in [1.165, 1.54) is 19.1 Å². The lowest BCUT2D eigenvalue weighted by Gasteiger charge is -2.14. The molecule has 0 saturated carbocycles. The Bertz CT molecular complexity index is 756. The number of ketones is 1.